The Morgan fingerprint density at radius 2 is 1.76 bits per heavy atom. The summed E-state index contributed by atoms with van der Waals surface area (Å²) in [4.78, 5) is 46.2. The van der Waals surface area contributed by atoms with E-state index in [9.17, 15) is 28.9 Å². The number of amides is 2. The third-order valence-electron chi connectivity index (χ3n) is 3.44. The zero-order chi connectivity index (χ0) is 20.4. The quantitative estimate of drug-likeness (QED) is 0.252. The fraction of sp³-hybridized carbons (Fsp3) is 0.438. The van der Waals surface area contributed by atoms with E-state index >= 15 is 0 Å². The maximum atomic E-state index is 12.0. The number of carboxylic acids is 1. The smallest absolute Gasteiger partial charge is 0.787 e. The molecule has 3 atom stereocenters. The van der Waals surface area contributed by atoms with Gasteiger partial charge >= 0.3 is 43.8 Å². The number of aliphatic carboxylic acids is 1. The van der Waals surface area contributed by atoms with Crippen LogP contribution in [0.4, 0.5) is 4.79 Å². The van der Waals surface area contributed by atoms with Crippen molar-refractivity contribution in [1.29, 1.82) is 0 Å². The minimum atomic E-state index is -4.36. The van der Waals surface area contributed by atoms with Crippen LogP contribution >= 0.6 is 7.52 Å². The molecule has 0 spiro atoms. The summed E-state index contributed by atoms with van der Waals surface area (Å²) < 4.78 is 16.8. The molecule has 1 rings (SSSR count). The largest absolute Gasteiger partial charge is 1.00 e. The number of nitrogens with one attached hydrogen (secondary N) is 3. The minimum Gasteiger partial charge on any atom is -0.787 e. The van der Waals surface area contributed by atoms with Crippen molar-refractivity contribution < 1.29 is 71.4 Å². The van der Waals surface area contributed by atoms with Crippen LogP contribution in [0.5, 0.6) is 0 Å². The number of alkyl carbamates (subject to hydrolysis) is 1. The molecule has 3 N–H and O–H groups in total. The zero-order valence-electron chi connectivity index (χ0n) is 17.0. The van der Waals surface area contributed by atoms with E-state index in [-0.39, 0.29) is 50.7 Å². The molecule has 1 unspecified atom stereocenters. The number of carbonyl (C=O) groups is 3. The van der Waals surface area contributed by atoms with Gasteiger partial charge < -0.3 is 34.7 Å². The summed E-state index contributed by atoms with van der Waals surface area (Å²) in [7, 11) is -4.36. The molecule has 0 aliphatic rings. The number of benzene rings is 1. The summed E-state index contributed by atoms with van der Waals surface area (Å²) >= 11 is 0. The van der Waals surface area contributed by atoms with Crippen LogP contribution in [0.2, 0.25) is 0 Å². The maximum Gasteiger partial charge on any atom is 1.00 e. The van der Waals surface area contributed by atoms with Crippen molar-refractivity contribution >= 4 is 25.5 Å². The van der Waals surface area contributed by atoms with E-state index in [1.54, 1.807) is 30.3 Å². The van der Waals surface area contributed by atoms with Crippen LogP contribution in [-0.2, 0) is 25.5 Å². The second-order valence-electron chi connectivity index (χ2n) is 5.71. The molecule has 2 amide bonds. The predicted octanol–water partition coefficient (Wildman–Crippen LogP) is -6.95. The number of ether oxygens (including phenoxy) is 1. The Bertz CT molecular complexity index is 709. The van der Waals surface area contributed by atoms with Gasteiger partial charge in [0.05, 0.1) is 31.9 Å². The van der Waals surface area contributed by atoms with Crippen molar-refractivity contribution in [3.05, 3.63) is 35.9 Å². The Morgan fingerprint density at radius 1 is 1.17 bits per heavy atom. The number of hydrogen-bond donors (Lipinski definition) is 3. The first-order chi connectivity index (χ1) is 12.6. The van der Waals surface area contributed by atoms with Crippen LogP contribution in [0.3, 0.4) is 0 Å². The van der Waals surface area contributed by atoms with Crippen LogP contribution in [0.15, 0.2) is 30.3 Å². The fourth-order valence-electron chi connectivity index (χ4n) is 1.97. The molecule has 0 saturated carbocycles. The van der Waals surface area contributed by atoms with Crippen LogP contribution < -0.4 is 63.4 Å². The van der Waals surface area contributed by atoms with Crippen molar-refractivity contribution in [2.75, 3.05) is 6.29 Å². The Balaban J connectivity index is 0. The molecule has 0 saturated heterocycles. The van der Waals surface area contributed by atoms with Crippen molar-refractivity contribution in [1.82, 2.24) is 15.7 Å². The summed E-state index contributed by atoms with van der Waals surface area (Å²) in [6, 6.07) is 6.36. The summed E-state index contributed by atoms with van der Waals surface area (Å²) in [6.07, 6.45) is -1.63. The van der Waals surface area contributed by atoms with Crippen LogP contribution in [0, 0.1) is 0 Å². The van der Waals surface area contributed by atoms with Gasteiger partial charge in [-0.2, -0.15) is 0 Å². The molecule has 0 fully saturated rings. The molecule has 150 valence electrons. The molecular formula is C16H22Li2N3O7P. The van der Waals surface area contributed by atoms with Gasteiger partial charge in [-0.3, -0.25) is 9.88 Å². The van der Waals surface area contributed by atoms with Crippen molar-refractivity contribution in [2.24, 2.45) is 0 Å². The third kappa shape index (κ3) is 12.2. The van der Waals surface area contributed by atoms with Gasteiger partial charge in [-0.1, -0.05) is 37.3 Å². The van der Waals surface area contributed by atoms with E-state index in [2.05, 4.69) is 15.7 Å². The van der Waals surface area contributed by atoms with Crippen LogP contribution in [0.1, 0.15) is 25.8 Å². The van der Waals surface area contributed by atoms with Crippen molar-refractivity contribution in [3.63, 3.8) is 0 Å². The first-order valence-corrected chi connectivity index (χ1v) is 9.99. The van der Waals surface area contributed by atoms with E-state index < -0.39 is 43.9 Å². The van der Waals surface area contributed by atoms with Crippen molar-refractivity contribution in [2.45, 2.75) is 39.0 Å². The minimum absolute atomic E-state index is 0. The molecule has 0 radical (unpaired) electrons. The second-order valence-corrected chi connectivity index (χ2v) is 7.63. The van der Waals surface area contributed by atoms with Gasteiger partial charge in [-0.05, 0) is 18.9 Å². The van der Waals surface area contributed by atoms with Crippen LogP contribution in [-0.4, -0.2) is 36.3 Å². The standard InChI is InChI=1S/C16H24N3O7P.2Li/c1-3-13(15(21)22)18-14(20)11(2)19-27(24,25)10-17-16(23)26-9-12-7-5-4-6-8-12;;/h4-8,11,13H,3,9-10H2,1-2H3,(H,17,23)(H,18,20)(H,21,22)(H2,19,24,25);;/q;2*+1/p-2/t11-,13-;;/m0../s1. The van der Waals surface area contributed by atoms with Gasteiger partial charge in [-0.15, -0.1) is 0 Å². The van der Waals surface area contributed by atoms with E-state index in [1.165, 1.54) is 13.8 Å². The van der Waals surface area contributed by atoms with E-state index in [0.29, 0.717) is 0 Å². The van der Waals surface area contributed by atoms with Gasteiger partial charge in [0.15, 0.2) is 0 Å². The Morgan fingerprint density at radius 3 is 2.28 bits per heavy atom. The summed E-state index contributed by atoms with van der Waals surface area (Å²) in [6.45, 7) is 2.75. The molecular weight excluding hydrogens is 391 g/mol. The van der Waals surface area contributed by atoms with E-state index in [1.807, 2.05) is 0 Å². The molecule has 29 heavy (non-hydrogen) atoms. The summed E-state index contributed by atoms with van der Waals surface area (Å²) in [5.41, 5.74) is 0.736. The molecule has 1 aromatic rings. The average molecular weight is 413 g/mol. The summed E-state index contributed by atoms with van der Waals surface area (Å²) in [5.74, 6) is -2.29. The van der Waals surface area contributed by atoms with E-state index in [0.717, 1.165) is 5.56 Å². The van der Waals surface area contributed by atoms with E-state index in [4.69, 9.17) is 4.74 Å². The molecule has 0 aliphatic heterocycles. The first-order valence-electron chi connectivity index (χ1n) is 8.18. The zero-order valence-corrected chi connectivity index (χ0v) is 17.9. The number of rotatable bonds is 10. The average Bonchev–Trinajstić information content (AvgIpc) is 2.62. The fourth-order valence-corrected chi connectivity index (χ4v) is 3.10. The van der Waals surface area contributed by atoms with Crippen LogP contribution in [0.25, 0.3) is 0 Å². The first kappa shape index (κ1) is 30.0. The molecule has 0 heterocycles. The number of carbonyl (C=O) groups excluding carboxylic acids is 3. The number of hydrogen-bond acceptors (Lipinski definition) is 7. The second kappa shape index (κ2) is 14.7. The third-order valence-corrected chi connectivity index (χ3v) is 4.79. The number of carboxylic acid groups (broad SMARTS) is 1. The van der Waals surface area contributed by atoms with Gasteiger partial charge in [0.25, 0.3) is 0 Å². The predicted molar refractivity (Wildman–Crippen MR) is 92.1 cm³/mol. The Kier molecular flexibility index (Phi) is 15.2. The van der Waals surface area contributed by atoms with Gasteiger partial charge in [0, 0.05) is 0 Å². The van der Waals surface area contributed by atoms with Gasteiger partial charge in [0.1, 0.15) is 6.61 Å². The maximum absolute atomic E-state index is 12.0. The molecule has 0 bridgehead atoms. The van der Waals surface area contributed by atoms with Gasteiger partial charge in [-0.25, -0.2) is 4.79 Å². The van der Waals surface area contributed by atoms with Crippen molar-refractivity contribution in [3.8, 4) is 0 Å². The molecule has 0 aliphatic carbocycles. The molecule has 13 heteroatoms. The molecule has 0 aromatic heterocycles. The van der Waals surface area contributed by atoms with Gasteiger partial charge in [0.2, 0.25) is 5.91 Å². The topological polar surface area (TPSA) is 160 Å². The SMILES string of the molecule is CC[C@H](NC(=O)[C@H](C)NP(=O)([O-])CNC(=O)OCc1ccccc1)C(=O)[O-].[Li+].[Li+]. The summed E-state index contributed by atoms with van der Waals surface area (Å²) in [5, 5.41) is 17.1. The Labute approximate surface area is 193 Å². The normalized spacial score (nSPS) is 14.0. The molecule has 1 aromatic carbocycles. The monoisotopic (exact) mass is 413 g/mol. The Hall–Kier alpha value is -1.23. The molecule has 10 nitrogen and oxygen atoms in total.